The van der Waals surface area contributed by atoms with Crippen LogP contribution in [-0.4, -0.2) is 10.4 Å². The number of carbonyl (C=O) groups is 1. The minimum atomic E-state index is -0.183. The molecule has 3 heteroatoms. The molecule has 1 aromatic carbocycles. The van der Waals surface area contributed by atoms with Crippen molar-refractivity contribution in [2.24, 2.45) is 0 Å². The molecule has 1 aromatic rings. The Hall–Kier alpha value is -0.580. The van der Waals surface area contributed by atoms with E-state index >= 15 is 0 Å². The molecule has 0 aromatic heterocycles. The average Bonchev–Trinajstić information content (AvgIpc) is 2.30. The Balaban J connectivity index is 2.87. The number of hydrogen-bond acceptors (Lipinski definition) is 2. The van der Waals surface area contributed by atoms with Gasteiger partial charge < -0.3 is 4.74 Å². The topological polar surface area (TPSA) is 26.3 Å². The quantitative estimate of drug-likeness (QED) is 0.362. The summed E-state index contributed by atoms with van der Waals surface area (Å²) in [4.78, 5) is 11.2. The first kappa shape index (κ1) is 13.5. The molecule has 1 unspecified atom stereocenters. The maximum atomic E-state index is 11.2. The van der Waals surface area contributed by atoms with Crippen LogP contribution in [0.1, 0.15) is 37.3 Å². The molecule has 0 fully saturated rings. The van der Waals surface area contributed by atoms with E-state index in [1.807, 2.05) is 19.1 Å². The zero-order chi connectivity index (χ0) is 12.1. The second kappa shape index (κ2) is 6.23. The molecule has 16 heavy (non-hydrogen) atoms. The molecule has 0 amide bonds. The SMILES string of the molecule is CCC(=O)Oc1ccc(C(C)CI)cc1C. The molecule has 0 N–H and O–H groups in total. The summed E-state index contributed by atoms with van der Waals surface area (Å²) in [6.07, 6.45) is 0.408. The zero-order valence-corrected chi connectivity index (χ0v) is 12.1. The van der Waals surface area contributed by atoms with Crippen molar-refractivity contribution in [1.29, 1.82) is 0 Å². The first-order valence-electron chi connectivity index (χ1n) is 5.45. The van der Waals surface area contributed by atoms with Gasteiger partial charge in [-0.1, -0.05) is 48.6 Å². The van der Waals surface area contributed by atoms with Crippen molar-refractivity contribution in [3.8, 4) is 5.75 Å². The average molecular weight is 332 g/mol. The fourth-order valence-electron chi connectivity index (χ4n) is 1.38. The van der Waals surface area contributed by atoms with Crippen LogP contribution in [0, 0.1) is 6.92 Å². The Morgan fingerprint density at radius 2 is 2.19 bits per heavy atom. The highest BCUT2D eigenvalue weighted by Crippen LogP contribution is 2.25. The molecule has 0 aliphatic heterocycles. The Kier molecular flexibility index (Phi) is 5.25. The molecule has 0 spiro atoms. The minimum absolute atomic E-state index is 0.183. The molecule has 1 atom stereocenters. The predicted molar refractivity (Wildman–Crippen MR) is 74.4 cm³/mol. The Morgan fingerprint density at radius 3 is 2.69 bits per heavy atom. The van der Waals surface area contributed by atoms with E-state index in [2.05, 4.69) is 35.6 Å². The third-order valence-electron chi connectivity index (χ3n) is 2.51. The summed E-state index contributed by atoms with van der Waals surface area (Å²) in [6, 6.07) is 6.03. The van der Waals surface area contributed by atoms with Crippen molar-refractivity contribution in [3.63, 3.8) is 0 Å². The van der Waals surface area contributed by atoms with E-state index in [4.69, 9.17) is 4.74 Å². The van der Waals surface area contributed by atoms with Crippen LogP contribution >= 0.6 is 22.6 Å². The largest absolute Gasteiger partial charge is 0.426 e. The highest BCUT2D eigenvalue weighted by molar-refractivity contribution is 14.1. The summed E-state index contributed by atoms with van der Waals surface area (Å²) in [5, 5.41) is 0. The van der Waals surface area contributed by atoms with E-state index in [0.29, 0.717) is 18.1 Å². The lowest BCUT2D eigenvalue weighted by molar-refractivity contribution is -0.134. The van der Waals surface area contributed by atoms with E-state index in [1.165, 1.54) is 5.56 Å². The van der Waals surface area contributed by atoms with Crippen LogP contribution in [0.5, 0.6) is 5.75 Å². The number of ether oxygens (including phenoxy) is 1. The van der Waals surface area contributed by atoms with Gasteiger partial charge in [0.15, 0.2) is 0 Å². The molecule has 1 rings (SSSR count). The van der Waals surface area contributed by atoms with Crippen molar-refractivity contribution in [1.82, 2.24) is 0 Å². The molecular weight excluding hydrogens is 315 g/mol. The van der Waals surface area contributed by atoms with E-state index < -0.39 is 0 Å². The fourth-order valence-corrected chi connectivity index (χ4v) is 1.89. The number of benzene rings is 1. The van der Waals surface area contributed by atoms with E-state index in [9.17, 15) is 4.79 Å². The van der Waals surface area contributed by atoms with Crippen molar-refractivity contribution in [3.05, 3.63) is 29.3 Å². The second-order valence-electron chi connectivity index (χ2n) is 3.91. The summed E-state index contributed by atoms with van der Waals surface area (Å²) < 4.78 is 6.31. The Bertz CT molecular complexity index is 374. The van der Waals surface area contributed by atoms with Crippen LogP contribution < -0.4 is 4.74 Å². The molecule has 0 saturated carbocycles. The summed E-state index contributed by atoms with van der Waals surface area (Å²) in [6.45, 7) is 5.96. The minimum Gasteiger partial charge on any atom is -0.426 e. The van der Waals surface area contributed by atoms with E-state index in [-0.39, 0.29) is 5.97 Å². The number of halogens is 1. The van der Waals surface area contributed by atoms with Crippen molar-refractivity contribution >= 4 is 28.6 Å². The molecule has 0 radical (unpaired) electrons. The van der Waals surface area contributed by atoms with Crippen molar-refractivity contribution < 1.29 is 9.53 Å². The maximum absolute atomic E-state index is 11.2. The summed E-state index contributed by atoms with van der Waals surface area (Å²) in [5.41, 5.74) is 2.32. The highest BCUT2D eigenvalue weighted by Gasteiger charge is 2.08. The molecule has 0 bridgehead atoms. The first-order chi connectivity index (χ1) is 7.58. The third kappa shape index (κ3) is 3.47. The van der Waals surface area contributed by atoms with Crippen LogP contribution in [0.2, 0.25) is 0 Å². The fraction of sp³-hybridized carbons (Fsp3) is 0.462. The van der Waals surface area contributed by atoms with Crippen LogP contribution in [0.3, 0.4) is 0 Å². The van der Waals surface area contributed by atoms with Gasteiger partial charge in [0, 0.05) is 10.8 Å². The standard InChI is InChI=1S/C13H17IO2/c1-4-13(15)16-12-6-5-11(7-9(12)2)10(3)8-14/h5-7,10H,4,8H2,1-3H3. The lowest BCUT2D eigenvalue weighted by atomic mass is 10.0. The van der Waals surface area contributed by atoms with Gasteiger partial charge >= 0.3 is 5.97 Å². The lowest BCUT2D eigenvalue weighted by Crippen LogP contribution is -2.07. The highest BCUT2D eigenvalue weighted by atomic mass is 127. The third-order valence-corrected chi connectivity index (χ3v) is 3.83. The summed E-state index contributed by atoms with van der Waals surface area (Å²) >= 11 is 2.38. The number of aryl methyl sites for hydroxylation is 1. The van der Waals surface area contributed by atoms with Crippen LogP contribution in [0.4, 0.5) is 0 Å². The van der Waals surface area contributed by atoms with Crippen molar-refractivity contribution in [2.75, 3.05) is 4.43 Å². The monoisotopic (exact) mass is 332 g/mol. The second-order valence-corrected chi connectivity index (χ2v) is 4.79. The zero-order valence-electron chi connectivity index (χ0n) is 9.92. The van der Waals surface area contributed by atoms with Gasteiger partial charge in [-0.25, -0.2) is 0 Å². The first-order valence-corrected chi connectivity index (χ1v) is 6.98. The summed E-state index contributed by atoms with van der Waals surface area (Å²) in [7, 11) is 0. The van der Waals surface area contributed by atoms with Crippen LogP contribution in [-0.2, 0) is 4.79 Å². The van der Waals surface area contributed by atoms with Gasteiger partial charge in [0.2, 0.25) is 0 Å². The Morgan fingerprint density at radius 1 is 1.50 bits per heavy atom. The van der Waals surface area contributed by atoms with Gasteiger partial charge in [0.05, 0.1) is 0 Å². The van der Waals surface area contributed by atoms with Gasteiger partial charge in [-0.05, 0) is 30.0 Å². The van der Waals surface area contributed by atoms with Crippen molar-refractivity contribution in [2.45, 2.75) is 33.1 Å². The molecule has 88 valence electrons. The molecule has 0 aliphatic rings. The molecule has 0 heterocycles. The van der Waals surface area contributed by atoms with Gasteiger partial charge in [0.25, 0.3) is 0 Å². The normalized spacial score (nSPS) is 12.2. The van der Waals surface area contributed by atoms with Gasteiger partial charge in [-0.15, -0.1) is 0 Å². The maximum Gasteiger partial charge on any atom is 0.310 e. The molecule has 0 aliphatic carbocycles. The van der Waals surface area contributed by atoms with Crippen LogP contribution in [0.15, 0.2) is 18.2 Å². The molecule has 0 saturated heterocycles. The Labute approximate surface area is 111 Å². The lowest BCUT2D eigenvalue weighted by Gasteiger charge is -2.12. The smallest absolute Gasteiger partial charge is 0.310 e. The van der Waals surface area contributed by atoms with Crippen LogP contribution in [0.25, 0.3) is 0 Å². The number of rotatable bonds is 4. The van der Waals surface area contributed by atoms with E-state index in [1.54, 1.807) is 6.92 Å². The number of esters is 1. The number of alkyl halides is 1. The van der Waals surface area contributed by atoms with Gasteiger partial charge in [-0.2, -0.15) is 0 Å². The van der Waals surface area contributed by atoms with Gasteiger partial charge in [-0.3, -0.25) is 4.79 Å². The number of hydrogen-bond donors (Lipinski definition) is 0. The molecular formula is C13H17IO2. The molecule has 2 nitrogen and oxygen atoms in total. The summed E-state index contributed by atoms with van der Waals surface area (Å²) in [5.74, 6) is 1.03. The predicted octanol–water partition coefficient (Wildman–Crippen LogP) is 3.85. The van der Waals surface area contributed by atoms with E-state index in [0.717, 1.165) is 9.99 Å². The number of carbonyl (C=O) groups excluding carboxylic acids is 1. The van der Waals surface area contributed by atoms with Gasteiger partial charge in [0.1, 0.15) is 5.75 Å².